The second-order valence-electron chi connectivity index (χ2n) is 5.20. The minimum Gasteiger partial charge on any atom is -0.497 e. The van der Waals surface area contributed by atoms with Gasteiger partial charge in [-0.2, -0.15) is 10.1 Å². The average Bonchev–Trinajstić information content (AvgIpc) is 3.21. The Kier molecular flexibility index (Phi) is 5.43. The van der Waals surface area contributed by atoms with Gasteiger partial charge in [-0.3, -0.25) is 0 Å². The fraction of sp³-hybridized carbons (Fsp3) is 0.222. The summed E-state index contributed by atoms with van der Waals surface area (Å²) in [5, 5.41) is 4.08. The van der Waals surface area contributed by atoms with Crippen LogP contribution in [-0.4, -0.2) is 39.4 Å². The largest absolute Gasteiger partial charge is 0.497 e. The van der Waals surface area contributed by atoms with E-state index in [0.717, 1.165) is 11.3 Å². The number of benzene rings is 1. The molecule has 0 radical (unpaired) electrons. The maximum absolute atomic E-state index is 12.1. The van der Waals surface area contributed by atoms with E-state index in [4.69, 9.17) is 14.2 Å². The molecular formula is C18H18N4O4. The molecule has 1 aromatic carbocycles. The molecular weight excluding hydrogens is 336 g/mol. The third-order valence-electron chi connectivity index (χ3n) is 3.48. The molecule has 0 spiro atoms. The zero-order valence-corrected chi connectivity index (χ0v) is 14.5. The second-order valence-corrected chi connectivity index (χ2v) is 5.20. The molecule has 0 aliphatic carbocycles. The van der Waals surface area contributed by atoms with Gasteiger partial charge < -0.3 is 14.2 Å². The van der Waals surface area contributed by atoms with E-state index in [-0.39, 0.29) is 24.7 Å². The summed E-state index contributed by atoms with van der Waals surface area (Å²) in [5.41, 5.74) is 1.07. The van der Waals surface area contributed by atoms with E-state index in [0.29, 0.717) is 5.95 Å². The van der Waals surface area contributed by atoms with Gasteiger partial charge in [-0.1, -0.05) is 12.1 Å². The molecule has 134 valence electrons. The normalized spacial score (nSPS) is 10.4. The Morgan fingerprint density at radius 1 is 1.23 bits per heavy atom. The number of esters is 1. The van der Waals surface area contributed by atoms with Crippen LogP contribution in [0.15, 0.2) is 48.9 Å². The lowest BCUT2D eigenvalue weighted by molar-refractivity contribution is 0.0519. The van der Waals surface area contributed by atoms with Crippen molar-refractivity contribution in [3.05, 3.63) is 60.0 Å². The standard InChI is InChI=1S/C18H18N4O4/c1-3-25-17(23)15-11-19-18(22-10-4-9-20-22)21-16(15)26-12-13-5-7-14(24-2)8-6-13/h4-11H,3,12H2,1-2H3. The molecule has 3 rings (SSSR count). The Morgan fingerprint density at radius 2 is 2.04 bits per heavy atom. The minimum absolute atomic E-state index is 0.139. The molecule has 0 bridgehead atoms. The average molecular weight is 354 g/mol. The zero-order valence-electron chi connectivity index (χ0n) is 14.5. The SMILES string of the molecule is CCOC(=O)c1cnc(-n2cccn2)nc1OCc1ccc(OC)cc1. The first kappa shape index (κ1) is 17.4. The molecule has 8 heteroatoms. The number of rotatable bonds is 7. The van der Waals surface area contributed by atoms with Crippen LogP contribution in [0.5, 0.6) is 11.6 Å². The van der Waals surface area contributed by atoms with Crippen molar-refractivity contribution >= 4 is 5.97 Å². The molecule has 0 aliphatic rings. The monoisotopic (exact) mass is 354 g/mol. The van der Waals surface area contributed by atoms with Gasteiger partial charge in [0.15, 0.2) is 0 Å². The van der Waals surface area contributed by atoms with Crippen LogP contribution in [0, 0.1) is 0 Å². The van der Waals surface area contributed by atoms with Crippen LogP contribution in [0.4, 0.5) is 0 Å². The number of carbonyl (C=O) groups is 1. The Balaban J connectivity index is 1.85. The van der Waals surface area contributed by atoms with Crippen molar-refractivity contribution in [3.8, 4) is 17.6 Å². The molecule has 0 atom stereocenters. The Hall–Kier alpha value is -3.42. The fourth-order valence-electron chi connectivity index (χ4n) is 2.19. The summed E-state index contributed by atoms with van der Waals surface area (Å²) >= 11 is 0. The highest BCUT2D eigenvalue weighted by molar-refractivity contribution is 5.91. The molecule has 0 aliphatic heterocycles. The second kappa shape index (κ2) is 8.11. The van der Waals surface area contributed by atoms with Gasteiger partial charge in [-0.05, 0) is 30.7 Å². The summed E-state index contributed by atoms with van der Waals surface area (Å²) in [7, 11) is 1.61. The minimum atomic E-state index is -0.538. The first-order chi connectivity index (χ1) is 12.7. The Labute approximate surface area is 150 Å². The molecule has 0 unspecified atom stereocenters. The topological polar surface area (TPSA) is 88.4 Å². The van der Waals surface area contributed by atoms with E-state index >= 15 is 0 Å². The van der Waals surface area contributed by atoms with Crippen LogP contribution in [0.2, 0.25) is 0 Å². The lowest BCUT2D eigenvalue weighted by Gasteiger charge is -2.11. The van der Waals surface area contributed by atoms with E-state index < -0.39 is 5.97 Å². The molecule has 3 aromatic rings. The van der Waals surface area contributed by atoms with Gasteiger partial charge in [0, 0.05) is 12.4 Å². The first-order valence-electron chi connectivity index (χ1n) is 8.01. The van der Waals surface area contributed by atoms with E-state index in [2.05, 4.69) is 15.1 Å². The third-order valence-corrected chi connectivity index (χ3v) is 3.48. The van der Waals surface area contributed by atoms with Gasteiger partial charge in [0.05, 0.1) is 19.9 Å². The van der Waals surface area contributed by atoms with Crippen molar-refractivity contribution in [2.45, 2.75) is 13.5 Å². The highest BCUT2D eigenvalue weighted by atomic mass is 16.5. The van der Waals surface area contributed by atoms with Gasteiger partial charge in [0.25, 0.3) is 5.95 Å². The van der Waals surface area contributed by atoms with E-state index in [1.54, 1.807) is 32.5 Å². The molecule has 26 heavy (non-hydrogen) atoms. The molecule has 0 saturated heterocycles. The Bertz CT molecular complexity index is 863. The molecule has 8 nitrogen and oxygen atoms in total. The summed E-state index contributed by atoms with van der Waals surface area (Å²) < 4.78 is 17.4. The zero-order chi connectivity index (χ0) is 18.4. The fourth-order valence-corrected chi connectivity index (χ4v) is 2.19. The maximum atomic E-state index is 12.1. The van der Waals surface area contributed by atoms with Crippen LogP contribution in [-0.2, 0) is 11.3 Å². The van der Waals surface area contributed by atoms with Crippen molar-refractivity contribution < 1.29 is 19.0 Å². The lowest BCUT2D eigenvalue weighted by Crippen LogP contribution is -2.12. The summed E-state index contributed by atoms with van der Waals surface area (Å²) in [6.45, 7) is 2.21. The number of nitrogens with zero attached hydrogens (tertiary/aromatic N) is 4. The van der Waals surface area contributed by atoms with Crippen molar-refractivity contribution in [3.63, 3.8) is 0 Å². The highest BCUT2D eigenvalue weighted by Crippen LogP contribution is 2.20. The van der Waals surface area contributed by atoms with Crippen LogP contribution in [0.3, 0.4) is 0 Å². The van der Waals surface area contributed by atoms with Gasteiger partial charge in [-0.25, -0.2) is 14.5 Å². The number of aromatic nitrogens is 4. The van der Waals surface area contributed by atoms with E-state index in [9.17, 15) is 4.79 Å². The predicted molar refractivity (Wildman–Crippen MR) is 92.4 cm³/mol. The van der Waals surface area contributed by atoms with Crippen molar-refractivity contribution in [2.75, 3.05) is 13.7 Å². The smallest absolute Gasteiger partial charge is 0.345 e. The first-order valence-corrected chi connectivity index (χ1v) is 8.01. The molecule has 2 aromatic heterocycles. The number of carbonyl (C=O) groups excluding carboxylic acids is 1. The van der Waals surface area contributed by atoms with Crippen LogP contribution < -0.4 is 9.47 Å². The van der Waals surface area contributed by atoms with E-state index in [1.807, 2.05) is 24.3 Å². The predicted octanol–water partition coefficient (Wildman–Crippen LogP) is 2.43. The molecule has 0 saturated carbocycles. The van der Waals surface area contributed by atoms with Crippen LogP contribution in [0.1, 0.15) is 22.8 Å². The van der Waals surface area contributed by atoms with Crippen LogP contribution >= 0.6 is 0 Å². The summed E-state index contributed by atoms with van der Waals surface area (Å²) in [6, 6.07) is 9.16. The van der Waals surface area contributed by atoms with Crippen molar-refractivity contribution in [1.82, 2.24) is 19.7 Å². The summed E-state index contributed by atoms with van der Waals surface area (Å²) in [5.74, 6) is 0.653. The molecule has 2 heterocycles. The van der Waals surface area contributed by atoms with Crippen LogP contribution in [0.25, 0.3) is 5.95 Å². The van der Waals surface area contributed by atoms with Gasteiger partial charge in [-0.15, -0.1) is 0 Å². The molecule has 0 fully saturated rings. The number of hydrogen-bond donors (Lipinski definition) is 0. The number of methoxy groups -OCH3 is 1. The number of ether oxygens (including phenoxy) is 3. The summed E-state index contributed by atoms with van der Waals surface area (Å²) in [6.07, 6.45) is 4.69. The van der Waals surface area contributed by atoms with Gasteiger partial charge >= 0.3 is 5.97 Å². The van der Waals surface area contributed by atoms with E-state index in [1.165, 1.54) is 10.9 Å². The van der Waals surface area contributed by atoms with Crippen molar-refractivity contribution in [1.29, 1.82) is 0 Å². The molecule has 0 amide bonds. The van der Waals surface area contributed by atoms with Gasteiger partial charge in [0.1, 0.15) is 17.9 Å². The van der Waals surface area contributed by atoms with Gasteiger partial charge in [0.2, 0.25) is 5.88 Å². The third kappa shape index (κ3) is 3.97. The Morgan fingerprint density at radius 3 is 2.69 bits per heavy atom. The quantitative estimate of drug-likeness (QED) is 0.602. The summed E-state index contributed by atoms with van der Waals surface area (Å²) in [4.78, 5) is 20.6. The molecule has 0 N–H and O–H groups in total. The highest BCUT2D eigenvalue weighted by Gasteiger charge is 2.18. The lowest BCUT2D eigenvalue weighted by atomic mass is 10.2. The number of hydrogen-bond acceptors (Lipinski definition) is 7. The maximum Gasteiger partial charge on any atom is 0.345 e. The van der Waals surface area contributed by atoms with Crippen molar-refractivity contribution in [2.24, 2.45) is 0 Å².